The van der Waals surface area contributed by atoms with Crippen LogP contribution in [-0.4, -0.2) is 66.0 Å². The Morgan fingerprint density at radius 1 is 0.816 bits per heavy atom. The summed E-state index contributed by atoms with van der Waals surface area (Å²) in [6.45, 7) is 4.90. The molecule has 5 rings (SSSR count). The number of piperazine rings is 1. The topological polar surface area (TPSA) is 38.8 Å². The first-order valence-electron chi connectivity index (χ1n) is 12.3. The molecule has 1 N–H and O–H groups in total. The van der Waals surface area contributed by atoms with Crippen LogP contribution in [-0.2, 0) is 18.9 Å². The first-order valence-corrected chi connectivity index (χ1v) is 12.3. The summed E-state index contributed by atoms with van der Waals surface area (Å²) in [5, 5.41) is 4.64. The van der Waals surface area contributed by atoms with Crippen LogP contribution in [0.2, 0.25) is 0 Å². The van der Waals surface area contributed by atoms with Gasteiger partial charge in [-0.1, -0.05) is 42.5 Å². The summed E-state index contributed by atoms with van der Waals surface area (Å²) < 4.78 is 78.5. The molecule has 3 aromatic carbocycles. The van der Waals surface area contributed by atoms with E-state index in [-0.39, 0.29) is 12.1 Å². The molecule has 0 radical (unpaired) electrons. The highest BCUT2D eigenvalue weighted by Crippen LogP contribution is 2.37. The van der Waals surface area contributed by atoms with Crippen LogP contribution >= 0.6 is 0 Å². The number of rotatable bonds is 4. The molecule has 202 valence electrons. The number of hydrogen-bond donors (Lipinski definition) is 1. The minimum absolute atomic E-state index is 0.0369. The lowest BCUT2D eigenvalue weighted by atomic mass is 10.0. The Kier molecular flexibility index (Phi) is 6.99. The third-order valence-electron chi connectivity index (χ3n) is 7.19. The number of carbonyl (C=O) groups is 1. The lowest BCUT2D eigenvalue weighted by molar-refractivity contribution is -0.143. The summed E-state index contributed by atoms with van der Waals surface area (Å²) in [4.78, 5) is 18.6. The van der Waals surface area contributed by atoms with Crippen molar-refractivity contribution in [3.05, 3.63) is 77.4 Å². The molecule has 2 saturated heterocycles. The average Bonchev–Trinajstić information content (AvgIpc) is 2.83. The Labute approximate surface area is 215 Å². The number of benzene rings is 3. The summed E-state index contributed by atoms with van der Waals surface area (Å²) in [6, 6.07) is 15.0. The van der Waals surface area contributed by atoms with Gasteiger partial charge in [0.15, 0.2) is 0 Å². The van der Waals surface area contributed by atoms with Gasteiger partial charge in [0.05, 0.1) is 11.1 Å². The molecule has 0 saturated carbocycles. The fraction of sp³-hybridized carbons (Fsp3) is 0.370. The van der Waals surface area contributed by atoms with Crippen molar-refractivity contribution in [2.75, 3.05) is 44.6 Å². The van der Waals surface area contributed by atoms with E-state index in [1.54, 1.807) is 0 Å². The lowest BCUT2D eigenvalue weighted by Gasteiger charge is -2.48. The van der Waals surface area contributed by atoms with Gasteiger partial charge in [-0.25, -0.2) is 4.79 Å². The van der Waals surface area contributed by atoms with Gasteiger partial charge < -0.3 is 10.2 Å². The van der Waals surface area contributed by atoms with E-state index < -0.39 is 35.2 Å². The van der Waals surface area contributed by atoms with Gasteiger partial charge in [-0.05, 0) is 34.5 Å². The van der Waals surface area contributed by atoms with Crippen LogP contribution in [0.3, 0.4) is 0 Å². The maximum absolute atomic E-state index is 13.1. The van der Waals surface area contributed by atoms with Gasteiger partial charge in [0.25, 0.3) is 0 Å². The van der Waals surface area contributed by atoms with Gasteiger partial charge in [-0.2, -0.15) is 26.3 Å². The van der Waals surface area contributed by atoms with E-state index in [0.717, 1.165) is 32.7 Å². The molecular weight excluding hydrogens is 510 g/mol. The molecule has 5 nitrogen and oxygen atoms in total. The van der Waals surface area contributed by atoms with Gasteiger partial charge in [0.1, 0.15) is 0 Å². The number of halogens is 6. The second-order valence-corrected chi connectivity index (χ2v) is 9.73. The number of likely N-dealkylation sites (tertiary alicyclic amines) is 1. The molecule has 2 aliphatic heterocycles. The number of alkyl halides is 6. The lowest BCUT2D eigenvalue weighted by Crippen LogP contribution is -2.64. The van der Waals surface area contributed by atoms with Gasteiger partial charge in [-0.15, -0.1) is 0 Å². The second kappa shape index (κ2) is 10.1. The smallest absolute Gasteiger partial charge is 0.321 e. The number of nitrogens with one attached hydrogen (secondary N) is 1. The van der Waals surface area contributed by atoms with Crippen LogP contribution in [0.25, 0.3) is 10.8 Å². The molecule has 38 heavy (non-hydrogen) atoms. The highest BCUT2D eigenvalue weighted by Gasteiger charge is 2.39. The fourth-order valence-electron chi connectivity index (χ4n) is 5.04. The van der Waals surface area contributed by atoms with Gasteiger partial charge in [0.2, 0.25) is 0 Å². The number of fused-ring (bicyclic) bond motifs is 1. The van der Waals surface area contributed by atoms with Gasteiger partial charge in [0, 0.05) is 57.5 Å². The van der Waals surface area contributed by atoms with Crippen LogP contribution in [0.5, 0.6) is 0 Å². The molecule has 11 heteroatoms. The molecule has 0 aromatic heterocycles. The van der Waals surface area contributed by atoms with Crippen molar-refractivity contribution in [1.29, 1.82) is 0 Å². The minimum atomic E-state index is -4.97. The molecule has 2 aliphatic rings. The Hall–Kier alpha value is -3.31. The standard InChI is InChI=1S/C27H26F6N4O/c28-26(29,30)20-12-21(27(31,32)33)14-22(13-20)34-25(38)37-16-23(17-37)36-10-8-35(9-11-36)15-19-6-3-5-18-4-1-2-7-24(18)19/h1-7,12-14,23H,8-11,15-17H2,(H,34,38). The number of hydrogen-bond acceptors (Lipinski definition) is 3. The van der Waals surface area contributed by atoms with Crippen LogP contribution in [0.4, 0.5) is 36.8 Å². The van der Waals surface area contributed by atoms with E-state index >= 15 is 0 Å². The van der Waals surface area contributed by atoms with E-state index in [1.807, 2.05) is 12.1 Å². The summed E-state index contributed by atoms with van der Waals surface area (Å²) in [7, 11) is 0. The number of amides is 2. The van der Waals surface area contributed by atoms with E-state index in [0.29, 0.717) is 25.2 Å². The summed E-state index contributed by atoms with van der Waals surface area (Å²) in [6.07, 6.45) is -9.95. The van der Waals surface area contributed by atoms with Crippen molar-refractivity contribution >= 4 is 22.5 Å². The molecule has 0 bridgehead atoms. The zero-order chi connectivity index (χ0) is 27.1. The number of nitrogens with zero attached hydrogens (tertiary/aromatic N) is 3. The SMILES string of the molecule is O=C(Nc1cc(C(F)(F)F)cc(C(F)(F)F)c1)N1CC(N2CCN(Cc3cccc4ccccc34)CC2)C1. The first kappa shape index (κ1) is 26.3. The van der Waals surface area contributed by atoms with Crippen LogP contribution in [0.15, 0.2) is 60.7 Å². The van der Waals surface area contributed by atoms with Crippen molar-refractivity contribution in [1.82, 2.24) is 14.7 Å². The number of urea groups is 1. The molecule has 0 aliphatic carbocycles. The third kappa shape index (κ3) is 5.73. The highest BCUT2D eigenvalue weighted by molar-refractivity contribution is 5.90. The van der Waals surface area contributed by atoms with E-state index in [9.17, 15) is 31.1 Å². The van der Waals surface area contributed by atoms with Crippen LogP contribution in [0.1, 0.15) is 16.7 Å². The highest BCUT2D eigenvalue weighted by atomic mass is 19.4. The largest absolute Gasteiger partial charge is 0.416 e. The minimum Gasteiger partial charge on any atom is -0.321 e. The van der Waals surface area contributed by atoms with Crippen molar-refractivity contribution in [3.8, 4) is 0 Å². The van der Waals surface area contributed by atoms with Crippen molar-refractivity contribution in [2.24, 2.45) is 0 Å². The summed E-state index contributed by atoms with van der Waals surface area (Å²) in [5.74, 6) is 0. The molecule has 0 unspecified atom stereocenters. The molecular formula is C27H26F6N4O. The van der Waals surface area contributed by atoms with E-state index in [2.05, 4.69) is 45.4 Å². The quantitative estimate of drug-likeness (QED) is 0.422. The maximum atomic E-state index is 13.1. The van der Waals surface area contributed by atoms with E-state index in [4.69, 9.17) is 0 Å². The molecule has 2 amide bonds. The first-order chi connectivity index (χ1) is 18.0. The molecule has 3 aromatic rings. The molecule has 2 heterocycles. The van der Waals surface area contributed by atoms with Gasteiger partial charge in [-0.3, -0.25) is 9.80 Å². The molecule has 0 spiro atoms. The van der Waals surface area contributed by atoms with Crippen LogP contribution < -0.4 is 5.32 Å². The summed E-state index contributed by atoms with van der Waals surface area (Å²) in [5.41, 5.74) is -2.20. The van der Waals surface area contributed by atoms with E-state index in [1.165, 1.54) is 21.2 Å². The van der Waals surface area contributed by atoms with Gasteiger partial charge >= 0.3 is 18.4 Å². The Morgan fingerprint density at radius 2 is 1.42 bits per heavy atom. The normalized spacial score (nSPS) is 18.0. The Balaban J connectivity index is 1.13. The van der Waals surface area contributed by atoms with Crippen LogP contribution in [0, 0.1) is 0 Å². The fourth-order valence-corrected chi connectivity index (χ4v) is 5.04. The van der Waals surface area contributed by atoms with Crippen molar-refractivity contribution in [3.63, 3.8) is 0 Å². The Morgan fingerprint density at radius 3 is 2.05 bits per heavy atom. The zero-order valence-corrected chi connectivity index (χ0v) is 20.3. The molecule has 0 atom stereocenters. The maximum Gasteiger partial charge on any atom is 0.416 e. The zero-order valence-electron chi connectivity index (χ0n) is 20.3. The number of anilines is 1. The second-order valence-electron chi connectivity index (χ2n) is 9.73. The third-order valence-corrected chi connectivity index (χ3v) is 7.19. The molecule has 2 fully saturated rings. The Bertz CT molecular complexity index is 1270. The average molecular weight is 537 g/mol. The predicted molar refractivity (Wildman–Crippen MR) is 132 cm³/mol. The predicted octanol–water partition coefficient (Wildman–Crippen LogP) is 5.91. The monoisotopic (exact) mass is 536 g/mol. The van der Waals surface area contributed by atoms with Crippen molar-refractivity contribution < 1.29 is 31.1 Å². The number of carbonyl (C=O) groups excluding carboxylic acids is 1. The van der Waals surface area contributed by atoms with Crippen molar-refractivity contribution in [2.45, 2.75) is 24.9 Å². The summed E-state index contributed by atoms with van der Waals surface area (Å²) >= 11 is 0.